The van der Waals surface area contributed by atoms with Gasteiger partial charge in [0.05, 0.1) is 5.52 Å². The van der Waals surface area contributed by atoms with Crippen LogP contribution in [0.15, 0.2) is 12.1 Å². The number of aromatic nitrogens is 2. The minimum absolute atomic E-state index is 0.236. The molecule has 1 aliphatic rings. The summed E-state index contributed by atoms with van der Waals surface area (Å²) >= 11 is 5.24. The van der Waals surface area contributed by atoms with Gasteiger partial charge in [-0.2, -0.15) is 0 Å². The number of rotatable bonds is 4. The topological polar surface area (TPSA) is 24.0 Å². The van der Waals surface area contributed by atoms with Crippen LogP contribution in [0.25, 0.3) is 11.0 Å². The number of imidazole rings is 1. The van der Waals surface area contributed by atoms with E-state index in [0.717, 1.165) is 12.6 Å². The minimum atomic E-state index is -0.839. The summed E-state index contributed by atoms with van der Waals surface area (Å²) in [7, 11) is 2.09. The average Bonchev–Trinajstić information content (AvgIpc) is 3.08. The summed E-state index contributed by atoms with van der Waals surface area (Å²) in [6.45, 7) is 1.34. The van der Waals surface area contributed by atoms with Gasteiger partial charge in [-0.1, -0.05) is 12.8 Å². The van der Waals surface area contributed by atoms with Gasteiger partial charge in [0.25, 0.3) is 0 Å². The van der Waals surface area contributed by atoms with Crippen molar-refractivity contribution in [1.29, 1.82) is 0 Å². The van der Waals surface area contributed by atoms with Crippen LogP contribution in [0.2, 0.25) is 0 Å². The molecule has 3 rings (SSSR count). The van der Waals surface area contributed by atoms with Crippen LogP contribution in [0.1, 0.15) is 25.7 Å². The molecule has 0 aliphatic heterocycles. The highest BCUT2D eigenvalue weighted by Crippen LogP contribution is 2.23. The molecule has 1 heterocycles. The normalized spacial score (nSPS) is 16.4. The highest BCUT2D eigenvalue weighted by Gasteiger charge is 2.20. The zero-order valence-electron chi connectivity index (χ0n) is 12.0. The summed E-state index contributed by atoms with van der Waals surface area (Å²) in [5.74, 6) is -1.67. The van der Waals surface area contributed by atoms with Crippen molar-refractivity contribution in [2.24, 2.45) is 0 Å². The molecule has 3 nitrogen and oxygen atoms in total. The van der Waals surface area contributed by atoms with E-state index >= 15 is 0 Å². The first-order valence-corrected chi connectivity index (χ1v) is 7.75. The van der Waals surface area contributed by atoms with Gasteiger partial charge in [-0.15, -0.1) is 0 Å². The highest BCUT2D eigenvalue weighted by molar-refractivity contribution is 7.71. The van der Waals surface area contributed by atoms with Crippen LogP contribution in [0.4, 0.5) is 8.78 Å². The van der Waals surface area contributed by atoms with E-state index in [1.807, 2.05) is 0 Å². The Kier molecular flexibility index (Phi) is 4.08. The van der Waals surface area contributed by atoms with Crippen molar-refractivity contribution in [3.8, 4) is 0 Å². The summed E-state index contributed by atoms with van der Waals surface area (Å²) < 4.78 is 29.6. The molecule has 0 saturated heterocycles. The molecule has 1 fully saturated rings. The van der Waals surface area contributed by atoms with Gasteiger partial charge in [0.15, 0.2) is 16.4 Å². The number of aromatic amines is 1. The largest absolute Gasteiger partial charge is 0.330 e. The van der Waals surface area contributed by atoms with Crippen molar-refractivity contribution in [3.63, 3.8) is 0 Å². The molecule has 1 aromatic carbocycles. The molecular formula is C15H19F2N3S. The molecule has 0 bridgehead atoms. The lowest BCUT2D eigenvalue weighted by molar-refractivity contribution is 0.237. The van der Waals surface area contributed by atoms with Gasteiger partial charge < -0.3 is 14.5 Å². The Morgan fingerprint density at radius 2 is 2.05 bits per heavy atom. The van der Waals surface area contributed by atoms with Gasteiger partial charge in [0, 0.05) is 19.1 Å². The highest BCUT2D eigenvalue weighted by atomic mass is 32.1. The van der Waals surface area contributed by atoms with E-state index in [2.05, 4.69) is 16.9 Å². The Hall–Kier alpha value is -1.27. The third-order valence-corrected chi connectivity index (χ3v) is 4.77. The summed E-state index contributed by atoms with van der Waals surface area (Å²) in [6.07, 6.45) is 5.00. The summed E-state index contributed by atoms with van der Waals surface area (Å²) in [5.41, 5.74) is 0.780. The van der Waals surface area contributed by atoms with Crippen molar-refractivity contribution in [3.05, 3.63) is 28.5 Å². The second-order valence-electron chi connectivity index (χ2n) is 5.76. The van der Waals surface area contributed by atoms with Crippen molar-refractivity contribution in [1.82, 2.24) is 14.5 Å². The Morgan fingerprint density at radius 3 is 2.76 bits per heavy atom. The Balaban J connectivity index is 1.85. The lowest BCUT2D eigenvalue weighted by atomic mass is 10.2. The molecule has 6 heteroatoms. The van der Waals surface area contributed by atoms with Crippen LogP contribution in [-0.4, -0.2) is 34.1 Å². The van der Waals surface area contributed by atoms with Gasteiger partial charge in [-0.05, 0) is 44.2 Å². The van der Waals surface area contributed by atoms with Gasteiger partial charge in [-0.3, -0.25) is 0 Å². The van der Waals surface area contributed by atoms with Gasteiger partial charge in [0.2, 0.25) is 0 Å². The number of fused-ring (bicyclic) bond motifs is 1. The maximum absolute atomic E-state index is 14.0. The Labute approximate surface area is 127 Å². The van der Waals surface area contributed by atoms with E-state index in [-0.39, 0.29) is 5.52 Å². The molecule has 114 valence electrons. The predicted molar refractivity (Wildman–Crippen MR) is 81.9 cm³/mol. The van der Waals surface area contributed by atoms with E-state index in [0.29, 0.717) is 22.9 Å². The summed E-state index contributed by atoms with van der Waals surface area (Å²) in [5, 5.41) is 0. The third-order valence-electron chi connectivity index (χ3n) is 4.45. The number of likely N-dealkylation sites (N-methyl/N-ethyl adjacent to an activating group) is 1. The van der Waals surface area contributed by atoms with Crippen LogP contribution in [0, 0.1) is 16.4 Å². The molecule has 1 saturated carbocycles. The monoisotopic (exact) mass is 311 g/mol. The number of nitrogens with one attached hydrogen (secondary N) is 1. The maximum Gasteiger partial charge on any atom is 0.184 e. The number of H-pyrrole nitrogens is 1. The predicted octanol–water partition coefficient (Wildman–Crippen LogP) is 3.85. The van der Waals surface area contributed by atoms with Crippen LogP contribution in [0.5, 0.6) is 0 Å². The first-order chi connectivity index (χ1) is 10.1. The molecule has 2 aromatic rings. The lowest BCUT2D eigenvalue weighted by Gasteiger charge is -2.24. The lowest BCUT2D eigenvalue weighted by Crippen LogP contribution is -2.32. The molecular weight excluding hydrogens is 292 g/mol. The fourth-order valence-electron chi connectivity index (χ4n) is 3.19. The third kappa shape index (κ3) is 2.74. The Bertz CT molecular complexity index is 701. The van der Waals surface area contributed by atoms with Gasteiger partial charge >= 0.3 is 0 Å². The average molecular weight is 311 g/mol. The van der Waals surface area contributed by atoms with Gasteiger partial charge in [0.1, 0.15) is 5.52 Å². The first-order valence-electron chi connectivity index (χ1n) is 7.34. The first kappa shape index (κ1) is 14.7. The van der Waals surface area contributed by atoms with Crippen LogP contribution < -0.4 is 0 Å². The van der Waals surface area contributed by atoms with Crippen LogP contribution >= 0.6 is 12.2 Å². The van der Waals surface area contributed by atoms with Crippen molar-refractivity contribution in [2.45, 2.75) is 38.3 Å². The number of nitrogens with zero attached hydrogens (tertiary/aromatic N) is 2. The second-order valence-corrected chi connectivity index (χ2v) is 6.14. The van der Waals surface area contributed by atoms with Crippen LogP contribution in [0.3, 0.4) is 0 Å². The van der Waals surface area contributed by atoms with E-state index < -0.39 is 11.6 Å². The fraction of sp³-hybridized carbons (Fsp3) is 0.533. The molecule has 0 unspecified atom stereocenters. The maximum atomic E-state index is 14.0. The van der Waals surface area contributed by atoms with E-state index in [1.165, 1.54) is 31.7 Å². The number of hydrogen-bond acceptors (Lipinski definition) is 2. The van der Waals surface area contributed by atoms with E-state index in [4.69, 9.17) is 12.2 Å². The number of benzene rings is 1. The molecule has 1 aliphatic carbocycles. The molecule has 1 aromatic heterocycles. The molecule has 0 spiro atoms. The molecule has 0 amide bonds. The minimum Gasteiger partial charge on any atom is -0.330 e. The number of hydrogen-bond donors (Lipinski definition) is 1. The molecule has 0 radical (unpaired) electrons. The summed E-state index contributed by atoms with van der Waals surface area (Å²) in [4.78, 5) is 5.24. The molecule has 0 atom stereocenters. The standard InChI is InChI=1S/C15H19F2N3S/c1-19(10-4-2-3-5-10)8-9-20-14-12(18-15(20)21)7-6-11(16)13(14)17/h6-7,10H,2-5,8-9H2,1H3,(H,18,21). The van der Waals surface area contributed by atoms with Crippen LogP contribution in [-0.2, 0) is 6.54 Å². The quantitative estimate of drug-likeness (QED) is 0.867. The van der Waals surface area contributed by atoms with Crippen molar-refractivity contribution in [2.75, 3.05) is 13.6 Å². The zero-order chi connectivity index (χ0) is 15.0. The van der Waals surface area contributed by atoms with E-state index in [9.17, 15) is 8.78 Å². The summed E-state index contributed by atoms with van der Waals surface area (Å²) in [6, 6.07) is 3.25. The smallest absolute Gasteiger partial charge is 0.184 e. The fourth-order valence-corrected chi connectivity index (χ4v) is 3.48. The second kappa shape index (κ2) is 5.85. The van der Waals surface area contributed by atoms with Crippen molar-refractivity contribution < 1.29 is 8.78 Å². The number of halogens is 2. The van der Waals surface area contributed by atoms with E-state index in [1.54, 1.807) is 4.57 Å². The zero-order valence-corrected chi connectivity index (χ0v) is 12.8. The van der Waals surface area contributed by atoms with Gasteiger partial charge in [-0.25, -0.2) is 8.78 Å². The molecule has 21 heavy (non-hydrogen) atoms. The molecule has 1 N–H and O–H groups in total. The SMILES string of the molecule is CN(CCn1c(=S)[nH]c2ccc(F)c(F)c21)C1CCCC1. The van der Waals surface area contributed by atoms with Crippen molar-refractivity contribution >= 4 is 23.3 Å². The Morgan fingerprint density at radius 1 is 1.33 bits per heavy atom.